The molecule has 2 N–H and O–H groups in total. The van der Waals surface area contributed by atoms with Gasteiger partial charge in [0.2, 0.25) is 0 Å². The van der Waals surface area contributed by atoms with Crippen molar-refractivity contribution in [1.82, 2.24) is 10.6 Å². The molecule has 6 heteroatoms. The molecule has 0 saturated carbocycles. The summed E-state index contributed by atoms with van der Waals surface area (Å²) in [6, 6.07) is 0. The Balaban J connectivity index is 0.00000441. The molecule has 5 nitrogen and oxygen atoms in total. The summed E-state index contributed by atoms with van der Waals surface area (Å²) in [5, 5.41) is 6.65. The fourth-order valence-electron chi connectivity index (χ4n) is 2.31. The summed E-state index contributed by atoms with van der Waals surface area (Å²) < 4.78 is 11.1. The minimum Gasteiger partial charge on any atom is -0.379 e. The van der Waals surface area contributed by atoms with E-state index in [9.17, 15) is 0 Å². The maximum Gasteiger partial charge on any atom is 0.190 e. The van der Waals surface area contributed by atoms with Gasteiger partial charge in [-0.25, -0.2) is 0 Å². The molecule has 1 aliphatic heterocycles. The molecule has 0 bridgehead atoms. The predicted octanol–water partition coefficient (Wildman–Crippen LogP) is 2.79. The highest BCUT2D eigenvalue weighted by atomic mass is 127. The van der Waals surface area contributed by atoms with Crippen LogP contribution in [0, 0.1) is 5.92 Å². The quantitative estimate of drug-likeness (QED) is 0.244. The Bertz CT molecular complexity index is 283. The number of aliphatic imine (C=N–C) groups is 1. The molecule has 0 aromatic carbocycles. The highest BCUT2D eigenvalue weighted by molar-refractivity contribution is 14.0. The van der Waals surface area contributed by atoms with Gasteiger partial charge in [-0.15, -0.1) is 24.0 Å². The van der Waals surface area contributed by atoms with E-state index in [0.29, 0.717) is 6.10 Å². The first-order valence-electron chi connectivity index (χ1n) is 8.36. The van der Waals surface area contributed by atoms with Gasteiger partial charge in [-0.1, -0.05) is 13.8 Å². The zero-order valence-corrected chi connectivity index (χ0v) is 16.7. The van der Waals surface area contributed by atoms with Crippen LogP contribution in [0.3, 0.4) is 0 Å². The van der Waals surface area contributed by atoms with E-state index < -0.39 is 0 Å². The van der Waals surface area contributed by atoms with Crippen LogP contribution in [0.25, 0.3) is 0 Å². The van der Waals surface area contributed by atoms with Gasteiger partial charge >= 0.3 is 0 Å². The lowest BCUT2D eigenvalue weighted by molar-refractivity contribution is 0.0168. The number of nitrogens with zero attached hydrogens (tertiary/aromatic N) is 1. The second kappa shape index (κ2) is 14.5. The molecule has 1 fully saturated rings. The van der Waals surface area contributed by atoms with E-state index >= 15 is 0 Å². The van der Waals surface area contributed by atoms with E-state index in [1.165, 1.54) is 19.3 Å². The smallest absolute Gasteiger partial charge is 0.190 e. The first-order chi connectivity index (χ1) is 10.2. The average molecular weight is 427 g/mol. The molecule has 1 unspecified atom stereocenters. The summed E-state index contributed by atoms with van der Waals surface area (Å²) in [7, 11) is 1.81. The molecule has 0 aliphatic carbocycles. The summed E-state index contributed by atoms with van der Waals surface area (Å²) in [6.45, 7) is 8.78. The molecule has 1 heterocycles. The Morgan fingerprint density at radius 2 is 2.00 bits per heavy atom. The second-order valence-electron chi connectivity index (χ2n) is 6.03. The topological polar surface area (TPSA) is 54.9 Å². The van der Waals surface area contributed by atoms with Crippen LogP contribution in [-0.2, 0) is 9.47 Å². The zero-order chi connectivity index (χ0) is 15.3. The lowest BCUT2D eigenvalue weighted by Crippen LogP contribution is -2.38. The van der Waals surface area contributed by atoms with Crippen LogP contribution in [0.5, 0.6) is 0 Å². The monoisotopic (exact) mass is 427 g/mol. The average Bonchev–Trinajstić information content (AvgIpc) is 2.97. The van der Waals surface area contributed by atoms with Crippen LogP contribution in [0.2, 0.25) is 0 Å². The second-order valence-corrected chi connectivity index (χ2v) is 6.03. The van der Waals surface area contributed by atoms with Gasteiger partial charge in [0.15, 0.2) is 5.96 Å². The van der Waals surface area contributed by atoms with Gasteiger partial charge in [-0.3, -0.25) is 4.99 Å². The molecular weight excluding hydrogens is 393 g/mol. The van der Waals surface area contributed by atoms with Crippen molar-refractivity contribution < 1.29 is 9.47 Å². The van der Waals surface area contributed by atoms with Crippen molar-refractivity contribution in [2.75, 3.05) is 40.0 Å². The summed E-state index contributed by atoms with van der Waals surface area (Å²) in [6.07, 6.45) is 6.07. The SMILES string of the molecule is CN=C(NCCCOCC1CCCO1)NCCCC(C)C.I. The fourth-order valence-corrected chi connectivity index (χ4v) is 2.31. The van der Waals surface area contributed by atoms with E-state index in [1.807, 2.05) is 7.05 Å². The van der Waals surface area contributed by atoms with E-state index in [1.54, 1.807) is 0 Å². The molecular formula is C16H34IN3O2. The number of hydrogen-bond acceptors (Lipinski definition) is 3. The summed E-state index contributed by atoms with van der Waals surface area (Å²) >= 11 is 0. The Kier molecular flexibility index (Phi) is 14.5. The molecule has 0 aromatic rings. The normalized spacial score (nSPS) is 18.4. The predicted molar refractivity (Wildman–Crippen MR) is 103 cm³/mol. The minimum absolute atomic E-state index is 0. The van der Waals surface area contributed by atoms with Crippen molar-refractivity contribution in [3.63, 3.8) is 0 Å². The van der Waals surface area contributed by atoms with Crippen LogP contribution >= 0.6 is 24.0 Å². The van der Waals surface area contributed by atoms with Crippen LogP contribution in [-0.4, -0.2) is 52.0 Å². The van der Waals surface area contributed by atoms with Gasteiger partial charge in [0.05, 0.1) is 12.7 Å². The molecule has 0 aromatic heterocycles. The number of guanidine groups is 1. The Labute approximate surface area is 153 Å². The number of rotatable bonds is 10. The van der Waals surface area contributed by atoms with Gasteiger partial charge in [-0.2, -0.15) is 0 Å². The van der Waals surface area contributed by atoms with E-state index in [4.69, 9.17) is 9.47 Å². The van der Waals surface area contributed by atoms with Gasteiger partial charge in [0.25, 0.3) is 0 Å². The summed E-state index contributed by atoms with van der Waals surface area (Å²) in [5.74, 6) is 1.65. The molecule has 22 heavy (non-hydrogen) atoms. The lowest BCUT2D eigenvalue weighted by atomic mass is 10.1. The van der Waals surface area contributed by atoms with Gasteiger partial charge in [-0.05, 0) is 38.0 Å². The number of nitrogens with one attached hydrogen (secondary N) is 2. The Morgan fingerprint density at radius 1 is 1.27 bits per heavy atom. The largest absolute Gasteiger partial charge is 0.379 e. The molecule has 1 atom stereocenters. The molecule has 0 radical (unpaired) electrons. The van der Waals surface area contributed by atoms with Crippen LogP contribution in [0.4, 0.5) is 0 Å². The molecule has 0 amide bonds. The molecule has 132 valence electrons. The van der Waals surface area contributed by atoms with Crippen molar-refractivity contribution in [3.8, 4) is 0 Å². The highest BCUT2D eigenvalue weighted by Crippen LogP contribution is 2.11. The van der Waals surface area contributed by atoms with E-state index in [-0.39, 0.29) is 24.0 Å². The Hall–Kier alpha value is -0.0800. The summed E-state index contributed by atoms with van der Waals surface area (Å²) in [5.41, 5.74) is 0. The first-order valence-corrected chi connectivity index (χ1v) is 8.36. The van der Waals surface area contributed by atoms with Crippen molar-refractivity contribution in [2.24, 2.45) is 10.9 Å². The van der Waals surface area contributed by atoms with Crippen molar-refractivity contribution in [2.45, 2.75) is 52.1 Å². The number of halogens is 1. The highest BCUT2D eigenvalue weighted by Gasteiger charge is 2.14. The van der Waals surface area contributed by atoms with Crippen LogP contribution < -0.4 is 10.6 Å². The van der Waals surface area contributed by atoms with Gasteiger partial charge < -0.3 is 20.1 Å². The van der Waals surface area contributed by atoms with Crippen LogP contribution in [0.15, 0.2) is 4.99 Å². The fraction of sp³-hybridized carbons (Fsp3) is 0.938. The minimum atomic E-state index is 0. The van der Waals surface area contributed by atoms with Gasteiger partial charge in [0, 0.05) is 33.4 Å². The third-order valence-corrected chi connectivity index (χ3v) is 3.56. The number of hydrogen-bond donors (Lipinski definition) is 2. The standard InChI is InChI=1S/C16H33N3O2.HI/c1-14(2)7-4-9-18-16(17-3)19-10-6-11-20-13-15-8-5-12-21-15;/h14-15H,4-13H2,1-3H3,(H2,17,18,19);1H. The van der Waals surface area contributed by atoms with Crippen molar-refractivity contribution in [1.29, 1.82) is 0 Å². The van der Waals surface area contributed by atoms with E-state index in [0.717, 1.165) is 57.6 Å². The third-order valence-electron chi connectivity index (χ3n) is 3.56. The molecule has 1 aliphatic rings. The van der Waals surface area contributed by atoms with Crippen LogP contribution in [0.1, 0.15) is 46.0 Å². The molecule has 1 saturated heterocycles. The number of ether oxygens (including phenoxy) is 2. The Morgan fingerprint density at radius 3 is 2.59 bits per heavy atom. The summed E-state index contributed by atoms with van der Waals surface area (Å²) in [4.78, 5) is 4.22. The lowest BCUT2D eigenvalue weighted by Gasteiger charge is -2.13. The molecule has 1 rings (SSSR count). The third kappa shape index (κ3) is 11.5. The zero-order valence-electron chi connectivity index (χ0n) is 14.4. The maximum absolute atomic E-state index is 5.63. The van der Waals surface area contributed by atoms with Gasteiger partial charge in [0.1, 0.15) is 0 Å². The maximum atomic E-state index is 5.63. The van der Waals surface area contributed by atoms with Crippen molar-refractivity contribution >= 4 is 29.9 Å². The van der Waals surface area contributed by atoms with E-state index in [2.05, 4.69) is 29.5 Å². The first kappa shape index (κ1) is 21.9. The van der Waals surface area contributed by atoms with Crippen molar-refractivity contribution in [3.05, 3.63) is 0 Å². The molecule has 0 spiro atoms.